The van der Waals surface area contributed by atoms with Crippen molar-refractivity contribution >= 4 is 28.9 Å². The van der Waals surface area contributed by atoms with Crippen molar-refractivity contribution in [2.75, 3.05) is 6.61 Å². The van der Waals surface area contributed by atoms with Crippen LogP contribution in [0.2, 0.25) is 5.02 Å². The van der Waals surface area contributed by atoms with Crippen LogP contribution in [0.3, 0.4) is 0 Å². The van der Waals surface area contributed by atoms with Crippen LogP contribution in [-0.4, -0.2) is 22.7 Å². The van der Waals surface area contributed by atoms with Crippen molar-refractivity contribution in [1.82, 2.24) is 4.98 Å². The van der Waals surface area contributed by atoms with Gasteiger partial charge in [-0.3, -0.25) is 0 Å². The summed E-state index contributed by atoms with van der Waals surface area (Å²) in [5, 5.41) is 10.5. The number of thiazole rings is 1. The van der Waals surface area contributed by atoms with Crippen LogP contribution in [0.25, 0.3) is 0 Å². The second kappa shape index (κ2) is 7.43. The molecule has 0 radical (unpaired) electrons. The van der Waals surface area contributed by atoms with Gasteiger partial charge in [0.1, 0.15) is 10.6 Å². The number of hydrogen-bond acceptors (Lipinski definition) is 4. The highest BCUT2D eigenvalue weighted by atomic mass is 35.5. The van der Waals surface area contributed by atoms with Gasteiger partial charge in [-0.2, -0.15) is 0 Å². The molecule has 0 fully saturated rings. The van der Waals surface area contributed by atoms with E-state index in [-0.39, 0.29) is 0 Å². The summed E-state index contributed by atoms with van der Waals surface area (Å²) in [6.07, 6.45) is 2.10. The topological polar surface area (TPSA) is 59.4 Å². The molecular weight excluding hydrogens is 310 g/mol. The summed E-state index contributed by atoms with van der Waals surface area (Å²) in [4.78, 5) is 15.8. The van der Waals surface area contributed by atoms with Gasteiger partial charge in [0.25, 0.3) is 0 Å². The average molecular weight is 326 g/mol. The van der Waals surface area contributed by atoms with Crippen LogP contribution in [0.4, 0.5) is 0 Å². The van der Waals surface area contributed by atoms with Gasteiger partial charge in [-0.05, 0) is 25.0 Å². The van der Waals surface area contributed by atoms with Crippen molar-refractivity contribution in [1.29, 1.82) is 0 Å². The molecule has 4 nitrogen and oxygen atoms in total. The third kappa shape index (κ3) is 4.19. The number of hydrogen-bond donors (Lipinski definition) is 1. The maximum Gasteiger partial charge on any atom is 0.347 e. The summed E-state index contributed by atoms with van der Waals surface area (Å²) in [6.45, 7) is 2.43. The lowest BCUT2D eigenvalue weighted by molar-refractivity contribution is 0.0701. The molecule has 0 saturated carbocycles. The van der Waals surface area contributed by atoms with Crippen molar-refractivity contribution in [3.8, 4) is 5.75 Å². The van der Waals surface area contributed by atoms with Crippen LogP contribution in [0.5, 0.6) is 5.75 Å². The second-order valence-corrected chi connectivity index (χ2v) is 5.92. The molecule has 0 aliphatic rings. The van der Waals surface area contributed by atoms with Crippen LogP contribution < -0.4 is 4.74 Å². The van der Waals surface area contributed by atoms with Crippen LogP contribution in [0.15, 0.2) is 24.3 Å². The van der Waals surface area contributed by atoms with E-state index in [1.54, 1.807) is 6.07 Å². The maximum atomic E-state index is 11.1. The zero-order valence-corrected chi connectivity index (χ0v) is 13.2. The monoisotopic (exact) mass is 325 g/mol. The normalized spacial score (nSPS) is 10.6. The molecule has 0 bridgehead atoms. The number of halogens is 1. The minimum absolute atomic E-state index is 0.347. The van der Waals surface area contributed by atoms with Crippen molar-refractivity contribution in [3.05, 3.63) is 44.9 Å². The lowest BCUT2D eigenvalue weighted by Crippen LogP contribution is -1.99. The minimum atomic E-state index is -0.900. The number of benzene rings is 1. The van der Waals surface area contributed by atoms with Crippen LogP contribution >= 0.6 is 22.9 Å². The Hall–Kier alpha value is -1.59. The predicted octanol–water partition coefficient (Wildman–Crippen LogP) is 4.07. The quantitative estimate of drug-likeness (QED) is 0.780. The molecule has 0 aliphatic carbocycles. The van der Waals surface area contributed by atoms with Gasteiger partial charge in [0, 0.05) is 6.42 Å². The fraction of sp³-hybridized carbons (Fsp3) is 0.333. The minimum Gasteiger partial charge on any atom is -0.492 e. The molecular formula is C15H16ClNO3S. The summed E-state index contributed by atoms with van der Waals surface area (Å²) >= 11 is 7.25. The van der Waals surface area contributed by atoms with E-state index in [4.69, 9.17) is 21.4 Å². The lowest BCUT2D eigenvalue weighted by Gasteiger charge is -2.06. The van der Waals surface area contributed by atoms with Gasteiger partial charge < -0.3 is 9.84 Å². The van der Waals surface area contributed by atoms with Crippen LogP contribution in [-0.2, 0) is 12.8 Å². The molecule has 1 heterocycles. The SMILES string of the molecule is CCc1nc(CCCOc2ccccc2Cl)sc1C(=O)O. The number of carbonyl (C=O) groups is 1. The first-order chi connectivity index (χ1) is 10.1. The largest absolute Gasteiger partial charge is 0.492 e. The van der Waals surface area contributed by atoms with E-state index in [0.717, 1.165) is 11.4 Å². The van der Waals surface area contributed by atoms with Gasteiger partial charge >= 0.3 is 5.97 Å². The highest BCUT2D eigenvalue weighted by Crippen LogP contribution is 2.24. The first-order valence-corrected chi connectivity index (χ1v) is 7.90. The fourth-order valence-corrected chi connectivity index (χ4v) is 3.11. The van der Waals surface area contributed by atoms with Crippen molar-refractivity contribution in [3.63, 3.8) is 0 Å². The molecule has 1 N–H and O–H groups in total. The van der Waals surface area contributed by atoms with Crippen LogP contribution in [0, 0.1) is 0 Å². The van der Waals surface area contributed by atoms with E-state index < -0.39 is 5.97 Å². The Labute approximate surface area is 132 Å². The summed E-state index contributed by atoms with van der Waals surface area (Å²) < 4.78 is 5.60. The molecule has 0 unspecified atom stereocenters. The van der Waals surface area contributed by atoms with E-state index in [2.05, 4.69) is 4.98 Å². The van der Waals surface area contributed by atoms with Crippen molar-refractivity contribution in [2.45, 2.75) is 26.2 Å². The maximum absolute atomic E-state index is 11.1. The number of aryl methyl sites for hydroxylation is 2. The molecule has 112 valence electrons. The molecule has 6 heteroatoms. The third-order valence-corrected chi connectivity index (χ3v) is 4.36. The standard InChI is InChI=1S/C15H16ClNO3S/c1-2-11-14(15(18)19)21-13(17-11)8-5-9-20-12-7-4-3-6-10(12)16/h3-4,6-7H,2,5,8-9H2,1H3,(H,18,19). The Bertz CT molecular complexity index is 627. The molecule has 0 aliphatic heterocycles. The van der Waals surface area contributed by atoms with E-state index in [1.165, 1.54) is 11.3 Å². The Morgan fingerprint density at radius 3 is 2.81 bits per heavy atom. The molecule has 0 amide bonds. The molecule has 1 aromatic heterocycles. The first kappa shape index (κ1) is 15.8. The fourth-order valence-electron chi connectivity index (χ4n) is 1.88. The predicted molar refractivity (Wildman–Crippen MR) is 83.7 cm³/mol. The number of rotatable bonds is 7. The molecule has 21 heavy (non-hydrogen) atoms. The zero-order valence-electron chi connectivity index (χ0n) is 11.6. The number of para-hydroxylation sites is 1. The van der Waals surface area contributed by atoms with Crippen LogP contribution in [0.1, 0.15) is 33.7 Å². The van der Waals surface area contributed by atoms with E-state index >= 15 is 0 Å². The second-order valence-electron chi connectivity index (χ2n) is 4.42. The highest BCUT2D eigenvalue weighted by molar-refractivity contribution is 7.13. The summed E-state index contributed by atoms with van der Waals surface area (Å²) in [5.41, 5.74) is 0.662. The molecule has 1 aromatic carbocycles. The van der Waals surface area contributed by atoms with Crippen molar-refractivity contribution < 1.29 is 14.6 Å². The van der Waals surface area contributed by atoms with Gasteiger partial charge in [-0.1, -0.05) is 30.7 Å². The van der Waals surface area contributed by atoms with Gasteiger partial charge in [0.2, 0.25) is 0 Å². The zero-order chi connectivity index (χ0) is 15.2. The number of aromatic nitrogens is 1. The van der Waals surface area contributed by atoms with E-state index in [0.29, 0.717) is 40.8 Å². The molecule has 0 atom stereocenters. The average Bonchev–Trinajstić information content (AvgIpc) is 2.89. The van der Waals surface area contributed by atoms with Gasteiger partial charge in [-0.15, -0.1) is 11.3 Å². The van der Waals surface area contributed by atoms with Gasteiger partial charge in [0.05, 0.1) is 22.3 Å². The van der Waals surface area contributed by atoms with Gasteiger partial charge in [0.15, 0.2) is 0 Å². The number of carboxylic acids is 1. The molecule has 0 saturated heterocycles. The summed E-state index contributed by atoms with van der Waals surface area (Å²) in [7, 11) is 0. The molecule has 2 aromatic rings. The Balaban J connectivity index is 1.86. The molecule has 2 rings (SSSR count). The smallest absolute Gasteiger partial charge is 0.347 e. The lowest BCUT2D eigenvalue weighted by atomic mass is 10.3. The van der Waals surface area contributed by atoms with Crippen molar-refractivity contribution in [2.24, 2.45) is 0 Å². The molecule has 0 spiro atoms. The summed E-state index contributed by atoms with van der Waals surface area (Å²) in [5.74, 6) is -0.235. The third-order valence-electron chi connectivity index (χ3n) is 2.90. The highest BCUT2D eigenvalue weighted by Gasteiger charge is 2.15. The number of ether oxygens (including phenoxy) is 1. The summed E-state index contributed by atoms with van der Waals surface area (Å²) in [6, 6.07) is 7.33. The number of nitrogens with zero attached hydrogens (tertiary/aromatic N) is 1. The Morgan fingerprint density at radius 1 is 1.43 bits per heavy atom. The Morgan fingerprint density at radius 2 is 2.19 bits per heavy atom. The number of aromatic carboxylic acids is 1. The first-order valence-electron chi connectivity index (χ1n) is 6.71. The Kier molecular flexibility index (Phi) is 5.59. The van der Waals surface area contributed by atoms with E-state index in [1.807, 2.05) is 25.1 Å². The van der Waals surface area contributed by atoms with E-state index in [9.17, 15) is 4.79 Å². The number of carboxylic acid groups (broad SMARTS) is 1. The van der Waals surface area contributed by atoms with Gasteiger partial charge in [-0.25, -0.2) is 9.78 Å².